The van der Waals surface area contributed by atoms with Crippen molar-refractivity contribution in [1.29, 1.82) is 0 Å². The maximum absolute atomic E-state index is 12.8. The van der Waals surface area contributed by atoms with Gasteiger partial charge in [0, 0.05) is 6.04 Å². The number of phenols is 1. The molecule has 1 saturated carbocycles. The minimum Gasteiger partial charge on any atom is -0.506 e. The number of nitrogens with zero attached hydrogens (tertiary/aromatic N) is 1. The number of anilines is 1. The second-order valence-electron chi connectivity index (χ2n) is 8.24. The first-order chi connectivity index (χ1) is 12.5. The molecule has 0 aromatic heterocycles. The van der Waals surface area contributed by atoms with Crippen molar-refractivity contribution in [2.24, 2.45) is 11.8 Å². The quantitative estimate of drug-likeness (QED) is 0.761. The van der Waals surface area contributed by atoms with Crippen LogP contribution in [0.2, 0.25) is 0 Å². The molecule has 3 N–H and O–H groups in total. The van der Waals surface area contributed by atoms with Crippen molar-refractivity contribution in [3.05, 3.63) is 24.3 Å². The van der Waals surface area contributed by atoms with Crippen molar-refractivity contribution in [1.82, 2.24) is 5.32 Å². The maximum Gasteiger partial charge on any atom is 0.278 e. The van der Waals surface area contributed by atoms with Crippen molar-refractivity contribution < 1.29 is 14.8 Å². The number of piperazine rings is 1. The van der Waals surface area contributed by atoms with Crippen LogP contribution in [-0.4, -0.2) is 49.3 Å². The lowest BCUT2D eigenvalue weighted by atomic mass is 9.78. The number of benzene rings is 1. The van der Waals surface area contributed by atoms with E-state index in [1.165, 1.54) is 17.7 Å². The van der Waals surface area contributed by atoms with Gasteiger partial charge < -0.3 is 20.2 Å². The fourth-order valence-corrected chi connectivity index (χ4v) is 4.48. The van der Waals surface area contributed by atoms with E-state index in [0.29, 0.717) is 23.6 Å². The SMILES string of the molecule is C[C@@H]1[C@@H](C)CCC[C@H]1NC(=O)[C@@H](C)[NH+]1CCN(c2ccccc2O)CC1. The molecule has 144 valence electrons. The first-order valence-electron chi connectivity index (χ1n) is 10.1. The number of amides is 1. The Labute approximate surface area is 157 Å². The number of carbonyl (C=O) groups excluding carboxylic acids is 1. The zero-order chi connectivity index (χ0) is 18.7. The Hall–Kier alpha value is -1.75. The van der Waals surface area contributed by atoms with E-state index in [0.717, 1.165) is 38.3 Å². The summed E-state index contributed by atoms with van der Waals surface area (Å²) in [5.41, 5.74) is 0.897. The Morgan fingerprint density at radius 2 is 1.92 bits per heavy atom. The van der Waals surface area contributed by atoms with E-state index in [1.807, 2.05) is 18.2 Å². The van der Waals surface area contributed by atoms with E-state index in [2.05, 4.69) is 31.0 Å². The molecule has 1 aliphatic heterocycles. The highest BCUT2D eigenvalue weighted by molar-refractivity contribution is 5.80. The third-order valence-electron chi connectivity index (χ3n) is 6.67. The number of quaternary nitrogens is 1. The zero-order valence-corrected chi connectivity index (χ0v) is 16.4. The number of nitrogens with one attached hydrogen (secondary N) is 2. The highest BCUT2D eigenvalue weighted by Crippen LogP contribution is 2.29. The number of carbonyl (C=O) groups is 1. The number of aromatic hydroxyl groups is 1. The molecule has 2 aliphatic rings. The standard InChI is InChI=1S/C21H33N3O2/c1-15-7-6-8-18(16(15)2)22-21(26)17(3)23-11-13-24(14-12-23)19-9-4-5-10-20(19)25/h4-5,9-10,15-18,25H,6-8,11-14H2,1-3H3,(H,22,26)/p+1/t15-,16+,17+,18+/m0/s1. The predicted molar refractivity (Wildman–Crippen MR) is 105 cm³/mol. The first-order valence-corrected chi connectivity index (χ1v) is 10.1. The van der Waals surface area contributed by atoms with Gasteiger partial charge >= 0.3 is 0 Å². The molecule has 1 heterocycles. The second kappa shape index (κ2) is 8.30. The van der Waals surface area contributed by atoms with Gasteiger partial charge in [-0.2, -0.15) is 0 Å². The monoisotopic (exact) mass is 360 g/mol. The summed E-state index contributed by atoms with van der Waals surface area (Å²) in [6.07, 6.45) is 3.61. The Morgan fingerprint density at radius 3 is 2.62 bits per heavy atom. The van der Waals surface area contributed by atoms with E-state index in [1.54, 1.807) is 6.07 Å². The molecule has 0 radical (unpaired) electrons. The van der Waals surface area contributed by atoms with Crippen molar-refractivity contribution in [3.63, 3.8) is 0 Å². The first kappa shape index (κ1) is 19.0. The Balaban J connectivity index is 1.52. The fourth-order valence-electron chi connectivity index (χ4n) is 4.48. The Bertz CT molecular complexity index is 613. The average molecular weight is 361 g/mol. The number of phenolic OH excluding ortho intramolecular Hbond substituents is 1. The topological polar surface area (TPSA) is 57.0 Å². The summed E-state index contributed by atoms with van der Waals surface area (Å²) in [5, 5.41) is 13.4. The molecule has 4 atom stereocenters. The van der Waals surface area contributed by atoms with Gasteiger partial charge in [0.2, 0.25) is 0 Å². The molecule has 1 amide bonds. The predicted octanol–water partition coefficient (Wildman–Crippen LogP) is 1.43. The Morgan fingerprint density at radius 1 is 1.23 bits per heavy atom. The summed E-state index contributed by atoms with van der Waals surface area (Å²) in [6, 6.07) is 7.80. The van der Waals surface area contributed by atoms with Crippen LogP contribution >= 0.6 is 0 Å². The third-order valence-corrected chi connectivity index (χ3v) is 6.67. The van der Waals surface area contributed by atoms with E-state index in [-0.39, 0.29) is 11.9 Å². The normalized spacial score (nSPS) is 28.6. The van der Waals surface area contributed by atoms with E-state index < -0.39 is 0 Å². The van der Waals surface area contributed by atoms with Crippen LogP contribution in [0.15, 0.2) is 24.3 Å². The molecule has 1 aromatic carbocycles. The summed E-state index contributed by atoms with van der Waals surface area (Å²) in [5.74, 6) is 1.79. The summed E-state index contributed by atoms with van der Waals surface area (Å²) in [7, 11) is 0. The number of rotatable bonds is 4. The summed E-state index contributed by atoms with van der Waals surface area (Å²) >= 11 is 0. The minimum absolute atomic E-state index is 0.0223. The molecule has 0 spiro atoms. The number of hydrogen-bond donors (Lipinski definition) is 3. The lowest BCUT2D eigenvalue weighted by Crippen LogP contribution is -3.19. The highest BCUT2D eigenvalue weighted by atomic mass is 16.3. The minimum atomic E-state index is -0.0223. The van der Waals surface area contributed by atoms with Crippen molar-refractivity contribution in [2.75, 3.05) is 31.1 Å². The molecule has 1 aliphatic carbocycles. The number of para-hydroxylation sites is 2. The third kappa shape index (κ3) is 4.14. The fraction of sp³-hybridized carbons (Fsp3) is 0.667. The van der Waals surface area contributed by atoms with Gasteiger partial charge in [-0.1, -0.05) is 38.8 Å². The zero-order valence-electron chi connectivity index (χ0n) is 16.4. The van der Waals surface area contributed by atoms with Gasteiger partial charge in [0.05, 0.1) is 31.9 Å². The Kier molecular flexibility index (Phi) is 6.07. The van der Waals surface area contributed by atoms with Gasteiger partial charge in [-0.15, -0.1) is 0 Å². The molecule has 2 fully saturated rings. The molecule has 0 unspecified atom stereocenters. The van der Waals surface area contributed by atoms with Gasteiger partial charge in [0.15, 0.2) is 6.04 Å². The lowest BCUT2D eigenvalue weighted by Gasteiger charge is -2.38. The maximum atomic E-state index is 12.8. The highest BCUT2D eigenvalue weighted by Gasteiger charge is 2.33. The van der Waals surface area contributed by atoms with Gasteiger partial charge in [-0.05, 0) is 37.3 Å². The molecule has 1 saturated heterocycles. The molecule has 0 bridgehead atoms. The van der Waals surface area contributed by atoms with Gasteiger partial charge in [0.1, 0.15) is 5.75 Å². The summed E-state index contributed by atoms with van der Waals surface area (Å²) in [6.45, 7) is 10.2. The summed E-state index contributed by atoms with van der Waals surface area (Å²) in [4.78, 5) is 16.3. The molecular formula is C21H34N3O2+. The largest absolute Gasteiger partial charge is 0.506 e. The van der Waals surface area contributed by atoms with Crippen LogP contribution < -0.4 is 15.1 Å². The van der Waals surface area contributed by atoms with Gasteiger partial charge in [-0.25, -0.2) is 0 Å². The lowest BCUT2D eigenvalue weighted by molar-refractivity contribution is -0.914. The molecule has 5 nitrogen and oxygen atoms in total. The smallest absolute Gasteiger partial charge is 0.278 e. The second-order valence-corrected chi connectivity index (χ2v) is 8.24. The molecule has 1 aromatic rings. The average Bonchev–Trinajstić information content (AvgIpc) is 2.65. The van der Waals surface area contributed by atoms with Crippen LogP contribution in [0.5, 0.6) is 5.75 Å². The van der Waals surface area contributed by atoms with Crippen molar-refractivity contribution in [3.8, 4) is 5.75 Å². The van der Waals surface area contributed by atoms with E-state index in [4.69, 9.17) is 0 Å². The van der Waals surface area contributed by atoms with Gasteiger partial charge in [0.25, 0.3) is 5.91 Å². The summed E-state index contributed by atoms with van der Waals surface area (Å²) < 4.78 is 0. The van der Waals surface area contributed by atoms with Gasteiger partial charge in [-0.3, -0.25) is 4.79 Å². The van der Waals surface area contributed by atoms with Crippen LogP contribution in [0.1, 0.15) is 40.0 Å². The van der Waals surface area contributed by atoms with Crippen LogP contribution in [0.25, 0.3) is 0 Å². The van der Waals surface area contributed by atoms with Crippen LogP contribution in [0.4, 0.5) is 5.69 Å². The molecule has 26 heavy (non-hydrogen) atoms. The molecule has 5 heteroatoms. The van der Waals surface area contributed by atoms with Crippen molar-refractivity contribution >= 4 is 11.6 Å². The molecule has 3 rings (SSSR count). The van der Waals surface area contributed by atoms with Crippen molar-refractivity contribution in [2.45, 2.75) is 52.1 Å². The van der Waals surface area contributed by atoms with Crippen LogP contribution in [-0.2, 0) is 4.79 Å². The molecular weight excluding hydrogens is 326 g/mol. The van der Waals surface area contributed by atoms with E-state index in [9.17, 15) is 9.90 Å². The van der Waals surface area contributed by atoms with E-state index >= 15 is 0 Å². The van der Waals surface area contributed by atoms with Crippen LogP contribution in [0.3, 0.4) is 0 Å². The number of hydrogen-bond acceptors (Lipinski definition) is 3. The van der Waals surface area contributed by atoms with Crippen LogP contribution in [0, 0.1) is 11.8 Å².